The molecule has 1 aromatic carbocycles. The van der Waals surface area contributed by atoms with E-state index in [2.05, 4.69) is 77.2 Å². The predicted molar refractivity (Wildman–Crippen MR) is 156 cm³/mol. The lowest BCUT2D eigenvalue weighted by Crippen LogP contribution is -2.44. The molecule has 7 heteroatoms. The summed E-state index contributed by atoms with van der Waals surface area (Å²) in [4.78, 5) is 26.1. The van der Waals surface area contributed by atoms with Crippen molar-refractivity contribution in [2.45, 2.75) is 110 Å². The van der Waals surface area contributed by atoms with Crippen molar-refractivity contribution in [2.24, 2.45) is 5.92 Å². The van der Waals surface area contributed by atoms with Gasteiger partial charge in [-0.25, -0.2) is 0 Å². The molecule has 0 unspecified atom stereocenters. The lowest BCUT2D eigenvalue weighted by Gasteiger charge is -2.39. The molecule has 0 radical (unpaired) electrons. The highest BCUT2D eigenvalue weighted by atomic mass is 28.4. The van der Waals surface area contributed by atoms with Gasteiger partial charge in [0.05, 0.1) is 25.9 Å². The van der Waals surface area contributed by atoms with E-state index in [1.54, 1.807) is 7.11 Å². The van der Waals surface area contributed by atoms with Gasteiger partial charge in [0.25, 0.3) is 0 Å². The third-order valence-electron chi connectivity index (χ3n) is 8.08. The number of methoxy groups -OCH3 is 2. The van der Waals surface area contributed by atoms with Crippen LogP contribution in [0, 0.1) is 5.92 Å². The van der Waals surface area contributed by atoms with Gasteiger partial charge in [0.2, 0.25) is 5.91 Å². The van der Waals surface area contributed by atoms with Gasteiger partial charge in [0, 0.05) is 32.9 Å². The molecule has 0 N–H and O–H groups in total. The predicted octanol–water partition coefficient (Wildman–Crippen LogP) is 6.68. The molecule has 1 fully saturated rings. The summed E-state index contributed by atoms with van der Waals surface area (Å²) in [5.41, 5.74) is 2.39. The molecular weight excluding hydrogens is 494 g/mol. The summed E-state index contributed by atoms with van der Waals surface area (Å²) in [5.74, 6) is 0.527. The molecule has 38 heavy (non-hydrogen) atoms. The van der Waals surface area contributed by atoms with Crippen LogP contribution in [0.1, 0.15) is 77.3 Å². The molecule has 214 valence electrons. The first kappa shape index (κ1) is 32.2. The molecule has 0 saturated carbocycles. The third kappa shape index (κ3) is 10.3. The number of carbonyl (C=O) groups excluding carboxylic acids is 2. The minimum atomic E-state index is -2.00. The van der Waals surface area contributed by atoms with Crippen LogP contribution in [0.5, 0.6) is 0 Å². The van der Waals surface area contributed by atoms with Crippen LogP contribution >= 0.6 is 0 Å². The van der Waals surface area contributed by atoms with E-state index in [4.69, 9.17) is 13.9 Å². The molecule has 1 amide bonds. The average molecular weight is 546 g/mol. The van der Waals surface area contributed by atoms with Gasteiger partial charge in [0.1, 0.15) is 0 Å². The van der Waals surface area contributed by atoms with Gasteiger partial charge < -0.3 is 18.8 Å². The zero-order chi connectivity index (χ0) is 28.3. The maximum Gasteiger partial charge on any atom is 0.305 e. The minimum absolute atomic E-state index is 0.0523. The second-order valence-electron chi connectivity index (χ2n) is 12.3. The van der Waals surface area contributed by atoms with E-state index in [9.17, 15) is 9.59 Å². The second-order valence-corrected chi connectivity index (χ2v) is 17.1. The van der Waals surface area contributed by atoms with Crippen molar-refractivity contribution in [3.63, 3.8) is 0 Å². The van der Waals surface area contributed by atoms with E-state index < -0.39 is 8.32 Å². The number of benzene rings is 1. The van der Waals surface area contributed by atoms with E-state index in [0.717, 1.165) is 44.2 Å². The summed E-state index contributed by atoms with van der Waals surface area (Å²) < 4.78 is 16.9. The van der Waals surface area contributed by atoms with Gasteiger partial charge in [-0.1, -0.05) is 70.5 Å². The van der Waals surface area contributed by atoms with Gasteiger partial charge in [0.15, 0.2) is 8.32 Å². The van der Waals surface area contributed by atoms with E-state index in [1.165, 1.54) is 12.7 Å². The Bertz CT molecular complexity index is 923. The molecule has 1 saturated heterocycles. The van der Waals surface area contributed by atoms with Crippen LogP contribution in [-0.2, 0) is 36.5 Å². The fourth-order valence-corrected chi connectivity index (χ4v) is 5.92. The number of hydrogen-bond acceptors (Lipinski definition) is 5. The Hall–Kier alpha value is -1.96. The van der Waals surface area contributed by atoms with Crippen LogP contribution in [0.2, 0.25) is 18.1 Å². The molecule has 1 aliphatic rings. The van der Waals surface area contributed by atoms with Gasteiger partial charge in [-0.15, -0.1) is 0 Å². The number of likely N-dealkylation sites (tertiary alicyclic amines) is 1. The first-order chi connectivity index (χ1) is 17.9. The zero-order valence-corrected chi connectivity index (χ0v) is 26.0. The van der Waals surface area contributed by atoms with Crippen molar-refractivity contribution in [1.29, 1.82) is 0 Å². The number of hydrogen-bond donors (Lipinski definition) is 0. The van der Waals surface area contributed by atoms with Crippen molar-refractivity contribution >= 4 is 20.2 Å². The topological polar surface area (TPSA) is 65.1 Å². The molecule has 1 aliphatic heterocycles. The fourth-order valence-electron chi connectivity index (χ4n) is 4.65. The number of rotatable bonds is 15. The first-order valence-corrected chi connectivity index (χ1v) is 17.1. The average Bonchev–Trinajstić information content (AvgIpc) is 3.19. The van der Waals surface area contributed by atoms with E-state index >= 15 is 0 Å². The lowest BCUT2D eigenvalue weighted by atomic mass is 10.00. The SMILES string of the molecule is COCc1cccc(C[C@@H](/C=C/[C@H]2CCC(=O)N2CC[C@H](C)CCCC(=O)OC)O[Si](C)(C)C(C)(C)C)c1. The van der Waals surface area contributed by atoms with Crippen LogP contribution in [0.3, 0.4) is 0 Å². The highest BCUT2D eigenvalue weighted by Crippen LogP contribution is 2.38. The monoisotopic (exact) mass is 545 g/mol. The van der Waals surface area contributed by atoms with Crippen molar-refractivity contribution in [3.8, 4) is 0 Å². The number of ether oxygens (including phenoxy) is 2. The van der Waals surface area contributed by atoms with Gasteiger partial charge >= 0.3 is 5.97 Å². The van der Waals surface area contributed by atoms with Crippen LogP contribution in [0.15, 0.2) is 36.4 Å². The number of carbonyl (C=O) groups is 2. The number of amides is 1. The minimum Gasteiger partial charge on any atom is -0.469 e. The maximum absolute atomic E-state index is 12.7. The van der Waals surface area contributed by atoms with Crippen molar-refractivity contribution < 1.29 is 23.5 Å². The fraction of sp³-hybridized carbons (Fsp3) is 0.677. The molecule has 0 spiro atoms. The highest BCUT2D eigenvalue weighted by molar-refractivity contribution is 6.74. The molecule has 1 aromatic rings. The highest BCUT2D eigenvalue weighted by Gasteiger charge is 2.39. The molecular formula is C31H51NO5Si. The standard InChI is InChI=1S/C31H51NO5Si/c1-24(11-9-14-30(34)36-6)19-20-32-27(16-18-29(32)33)15-17-28(37-38(7,8)31(2,3)4)22-25-12-10-13-26(21-25)23-35-5/h10,12-13,15,17,21,24,27-28H,9,11,14,16,18-20,22-23H2,1-8H3/b17-15+/t24-,27+,28-/m1/s1. The van der Waals surface area contributed by atoms with Gasteiger partial charge in [-0.05, 0) is 54.4 Å². The smallest absolute Gasteiger partial charge is 0.305 e. The van der Waals surface area contributed by atoms with Crippen molar-refractivity contribution in [3.05, 3.63) is 47.5 Å². The van der Waals surface area contributed by atoms with Crippen LogP contribution in [0.25, 0.3) is 0 Å². The third-order valence-corrected chi connectivity index (χ3v) is 12.6. The van der Waals surface area contributed by atoms with Crippen molar-refractivity contribution in [2.75, 3.05) is 20.8 Å². The molecule has 6 nitrogen and oxygen atoms in total. The summed E-state index contributed by atoms with van der Waals surface area (Å²) in [7, 11) is 1.15. The second kappa shape index (κ2) is 15.0. The summed E-state index contributed by atoms with van der Waals surface area (Å²) >= 11 is 0. The molecule has 0 aliphatic carbocycles. The van der Waals surface area contributed by atoms with E-state index in [1.807, 2.05) is 4.90 Å². The lowest BCUT2D eigenvalue weighted by molar-refractivity contribution is -0.140. The van der Waals surface area contributed by atoms with Crippen LogP contribution < -0.4 is 0 Å². The van der Waals surface area contributed by atoms with Crippen LogP contribution in [-0.4, -0.2) is 58.0 Å². The Labute approximate surface area is 232 Å². The maximum atomic E-state index is 12.7. The summed E-state index contributed by atoms with van der Waals surface area (Å²) in [5, 5.41) is 0.107. The summed E-state index contributed by atoms with van der Waals surface area (Å²) in [6.07, 6.45) is 9.78. The molecule has 3 atom stereocenters. The molecule has 0 aromatic heterocycles. The van der Waals surface area contributed by atoms with Gasteiger partial charge in [-0.2, -0.15) is 0 Å². The molecule has 1 heterocycles. The Morgan fingerprint density at radius 2 is 1.89 bits per heavy atom. The normalized spacial score (nSPS) is 18.3. The number of esters is 1. The van der Waals surface area contributed by atoms with Crippen LogP contribution in [0.4, 0.5) is 0 Å². The first-order valence-electron chi connectivity index (χ1n) is 14.2. The van der Waals surface area contributed by atoms with Gasteiger partial charge in [-0.3, -0.25) is 9.59 Å². The van der Waals surface area contributed by atoms with Crippen molar-refractivity contribution in [1.82, 2.24) is 4.90 Å². The van der Waals surface area contributed by atoms with E-state index in [-0.39, 0.29) is 29.1 Å². The summed E-state index contributed by atoms with van der Waals surface area (Å²) in [6, 6.07) is 8.63. The molecule has 0 bridgehead atoms. The Balaban J connectivity index is 2.10. The summed E-state index contributed by atoms with van der Waals surface area (Å²) in [6.45, 7) is 14.9. The zero-order valence-electron chi connectivity index (χ0n) is 25.0. The molecule has 2 rings (SSSR count). The Kier molecular flexibility index (Phi) is 12.7. The Morgan fingerprint density at radius 3 is 2.55 bits per heavy atom. The Morgan fingerprint density at radius 1 is 1.18 bits per heavy atom. The number of nitrogens with zero attached hydrogens (tertiary/aromatic N) is 1. The van der Waals surface area contributed by atoms with E-state index in [0.29, 0.717) is 25.4 Å². The largest absolute Gasteiger partial charge is 0.469 e. The quantitative estimate of drug-likeness (QED) is 0.140.